The van der Waals surface area contributed by atoms with Gasteiger partial charge in [-0.2, -0.15) is 4.37 Å². The third-order valence-electron chi connectivity index (χ3n) is 1.06. The Balaban J connectivity index is 2.73. The molecule has 0 aliphatic carbocycles. The van der Waals surface area contributed by atoms with Crippen LogP contribution in [0.2, 0.25) is 0 Å². The molecule has 0 atom stereocenters. The fraction of sp³-hybridized carbons (Fsp3) is 0.333. The Bertz CT molecular complexity index is 259. The summed E-state index contributed by atoms with van der Waals surface area (Å²) in [6.45, 7) is 1.54. The molecular weight excluding hydrogens is 180 g/mol. The lowest BCUT2D eigenvalue weighted by Gasteiger charge is -1.91. The van der Waals surface area contributed by atoms with Crippen LogP contribution in [0.3, 0.4) is 0 Å². The minimum absolute atomic E-state index is 0.0663. The molecule has 1 rings (SSSR count). The molecule has 0 aliphatic rings. The Morgan fingerprint density at radius 1 is 1.82 bits per heavy atom. The number of ketones is 1. The lowest BCUT2D eigenvalue weighted by molar-refractivity contribution is 0.102. The van der Waals surface area contributed by atoms with E-state index < -0.39 is 0 Å². The number of carbonyl (C=O) groups is 1. The van der Waals surface area contributed by atoms with E-state index in [1.54, 1.807) is 6.07 Å². The fourth-order valence-corrected chi connectivity index (χ4v) is 1.55. The van der Waals surface area contributed by atoms with Gasteiger partial charge < -0.3 is 4.72 Å². The van der Waals surface area contributed by atoms with Gasteiger partial charge in [-0.15, -0.1) is 0 Å². The number of nitrogens with zero attached hydrogens (tertiary/aromatic N) is 1. The standard InChI is InChI=1S/C6H8N2OS2/c1-4(9)5-3-6(7-10-2)8-11-5/h3H,1-2H3,(H,7,8). The molecule has 60 valence electrons. The van der Waals surface area contributed by atoms with Gasteiger partial charge in [0, 0.05) is 19.2 Å². The zero-order valence-corrected chi connectivity index (χ0v) is 7.88. The Morgan fingerprint density at radius 2 is 2.55 bits per heavy atom. The number of Topliss-reactive ketones (excluding diaryl/α,β-unsaturated/α-hetero) is 1. The minimum atomic E-state index is 0.0663. The van der Waals surface area contributed by atoms with Gasteiger partial charge in [-0.1, -0.05) is 11.9 Å². The van der Waals surface area contributed by atoms with E-state index in [1.165, 1.54) is 30.4 Å². The number of hydrogen-bond acceptors (Lipinski definition) is 5. The molecule has 11 heavy (non-hydrogen) atoms. The van der Waals surface area contributed by atoms with Gasteiger partial charge in [-0.05, 0) is 11.5 Å². The number of hydrogen-bond donors (Lipinski definition) is 1. The first kappa shape index (κ1) is 8.55. The van der Waals surface area contributed by atoms with E-state index in [0.717, 1.165) is 5.82 Å². The molecule has 0 aliphatic heterocycles. The summed E-state index contributed by atoms with van der Waals surface area (Å²) in [5.41, 5.74) is 0. The van der Waals surface area contributed by atoms with E-state index in [2.05, 4.69) is 9.10 Å². The zero-order chi connectivity index (χ0) is 8.27. The molecule has 0 aromatic carbocycles. The molecule has 0 fully saturated rings. The van der Waals surface area contributed by atoms with Crippen molar-refractivity contribution in [2.24, 2.45) is 0 Å². The van der Waals surface area contributed by atoms with Gasteiger partial charge in [-0.3, -0.25) is 4.79 Å². The maximum Gasteiger partial charge on any atom is 0.171 e. The topological polar surface area (TPSA) is 42.0 Å². The maximum atomic E-state index is 10.8. The third-order valence-corrected chi connectivity index (χ3v) is 2.37. The van der Waals surface area contributed by atoms with Gasteiger partial charge in [0.1, 0.15) is 5.82 Å². The Morgan fingerprint density at radius 3 is 3.00 bits per heavy atom. The molecule has 1 aromatic rings. The zero-order valence-electron chi connectivity index (χ0n) is 6.25. The summed E-state index contributed by atoms with van der Waals surface area (Å²) in [4.78, 5) is 11.5. The van der Waals surface area contributed by atoms with Crippen molar-refractivity contribution in [2.45, 2.75) is 6.92 Å². The van der Waals surface area contributed by atoms with Crippen LogP contribution in [0.4, 0.5) is 5.82 Å². The molecule has 0 amide bonds. The van der Waals surface area contributed by atoms with E-state index in [-0.39, 0.29) is 5.78 Å². The van der Waals surface area contributed by atoms with Crippen molar-refractivity contribution in [3.63, 3.8) is 0 Å². The molecule has 3 nitrogen and oxygen atoms in total. The smallest absolute Gasteiger partial charge is 0.171 e. The van der Waals surface area contributed by atoms with Crippen LogP contribution in [-0.2, 0) is 0 Å². The van der Waals surface area contributed by atoms with Gasteiger partial charge >= 0.3 is 0 Å². The second-order valence-electron chi connectivity index (χ2n) is 1.94. The van der Waals surface area contributed by atoms with E-state index >= 15 is 0 Å². The highest BCUT2D eigenvalue weighted by molar-refractivity contribution is 7.99. The first-order valence-corrected chi connectivity index (χ1v) is 5.00. The lowest BCUT2D eigenvalue weighted by Crippen LogP contribution is -1.85. The van der Waals surface area contributed by atoms with E-state index in [1.807, 2.05) is 6.26 Å². The van der Waals surface area contributed by atoms with Gasteiger partial charge in [0.25, 0.3) is 0 Å². The number of anilines is 1. The average molecular weight is 188 g/mol. The van der Waals surface area contributed by atoms with Crippen molar-refractivity contribution in [3.8, 4) is 0 Å². The maximum absolute atomic E-state index is 10.8. The third kappa shape index (κ3) is 2.20. The highest BCUT2D eigenvalue weighted by atomic mass is 32.2. The minimum Gasteiger partial charge on any atom is -0.314 e. The fourth-order valence-electron chi connectivity index (χ4n) is 0.594. The Hall–Kier alpha value is -0.550. The van der Waals surface area contributed by atoms with Crippen molar-refractivity contribution >= 4 is 35.1 Å². The number of rotatable bonds is 3. The highest BCUT2D eigenvalue weighted by Crippen LogP contribution is 2.16. The quantitative estimate of drug-likeness (QED) is 0.582. The summed E-state index contributed by atoms with van der Waals surface area (Å²) in [5.74, 6) is 0.823. The van der Waals surface area contributed by atoms with Gasteiger partial charge in [0.15, 0.2) is 5.78 Å². The predicted molar refractivity (Wildman–Crippen MR) is 49.3 cm³/mol. The summed E-state index contributed by atoms with van der Waals surface area (Å²) in [6, 6.07) is 1.75. The van der Waals surface area contributed by atoms with Crippen molar-refractivity contribution in [1.82, 2.24) is 4.37 Å². The van der Waals surface area contributed by atoms with Gasteiger partial charge in [0.2, 0.25) is 0 Å². The Kier molecular flexibility index (Phi) is 2.90. The van der Waals surface area contributed by atoms with Crippen LogP contribution >= 0.6 is 23.5 Å². The SMILES string of the molecule is CSNc1cc(C(C)=O)sn1. The average Bonchev–Trinajstić information content (AvgIpc) is 2.37. The van der Waals surface area contributed by atoms with Crippen LogP contribution < -0.4 is 4.72 Å². The van der Waals surface area contributed by atoms with Crippen molar-refractivity contribution in [1.29, 1.82) is 0 Å². The highest BCUT2D eigenvalue weighted by Gasteiger charge is 2.04. The van der Waals surface area contributed by atoms with Crippen LogP contribution in [0.5, 0.6) is 0 Å². The molecule has 0 saturated heterocycles. The van der Waals surface area contributed by atoms with E-state index in [4.69, 9.17) is 0 Å². The van der Waals surface area contributed by atoms with Crippen LogP contribution in [0, 0.1) is 0 Å². The summed E-state index contributed by atoms with van der Waals surface area (Å²) >= 11 is 2.68. The second-order valence-corrected chi connectivity index (χ2v) is 3.36. The second kappa shape index (κ2) is 3.73. The molecule has 1 heterocycles. The molecule has 5 heteroatoms. The number of aromatic nitrogens is 1. The Labute approximate surface area is 73.5 Å². The summed E-state index contributed by atoms with van der Waals surface area (Å²) in [7, 11) is 0. The first-order valence-electron chi connectivity index (χ1n) is 3.00. The monoisotopic (exact) mass is 188 g/mol. The van der Waals surface area contributed by atoms with Crippen molar-refractivity contribution < 1.29 is 4.79 Å². The van der Waals surface area contributed by atoms with Crippen LogP contribution in [0.25, 0.3) is 0 Å². The van der Waals surface area contributed by atoms with E-state index in [9.17, 15) is 4.79 Å². The molecule has 1 aromatic heterocycles. The normalized spacial score (nSPS) is 9.64. The largest absolute Gasteiger partial charge is 0.314 e. The predicted octanol–water partition coefficient (Wildman–Crippen LogP) is 2.04. The number of nitrogens with one attached hydrogen (secondary N) is 1. The van der Waals surface area contributed by atoms with Crippen LogP contribution in [-0.4, -0.2) is 16.4 Å². The molecule has 0 spiro atoms. The first-order chi connectivity index (χ1) is 5.24. The van der Waals surface area contributed by atoms with Crippen LogP contribution in [0.1, 0.15) is 16.6 Å². The van der Waals surface area contributed by atoms with Gasteiger partial charge in [-0.25, -0.2) is 0 Å². The summed E-state index contributed by atoms with van der Waals surface area (Å²) in [6.07, 6.45) is 1.91. The number of carbonyl (C=O) groups excluding carboxylic acids is 1. The molecule has 0 radical (unpaired) electrons. The van der Waals surface area contributed by atoms with Gasteiger partial charge in [0.05, 0.1) is 4.88 Å². The summed E-state index contributed by atoms with van der Waals surface area (Å²) < 4.78 is 6.96. The molecule has 0 saturated carbocycles. The van der Waals surface area contributed by atoms with E-state index in [0.29, 0.717) is 4.88 Å². The molecular formula is C6H8N2OS2. The van der Waals surface area contributed by atoms with Crippen molar-refractivity contribution in [3.05, 3.63) is 10.9 Å². The molecule has 0 bridgehead atoms. The molecule has 1 N–H and O–H groups in total. The molecule has 0 unspecified atom stereocenters. The lowest BCUT2D eigenvalue weighted by atomic mass is 10.4. The van der Waals surface area contributed by atoms with Crippen LogP contribution in [0.15, 0.2) is 6.07 Å². The summed E-state index contributed by atoms with van der Waals surface area (Å²) in [5, 5.41) is 0. The van der Waals surface area contributed by atoms with Crippen molar-refractivity contribution in [2.75, 3.05) is 11.0 Å².